The first-order chi connectivity index (χ1) is 17.3. The van der Waals surface area contributed by atoms with Crippen LogP contribution in [0.3, 0.4) is 0 Å². The lowest BCUT2D eigenvalue weighted by Crippen LogP contribution is -2.51. The molecule has 7 nitrogen and oxygen atoms in total. The molecule has 1 spiro atoms. The zero-order chi connectivity index (χ0) is 25.4. The Balaban J connectivity index is 1.57. The third-order valence-electron chi connectivity index (χ3n) is 7.27. The lowest BCUT2D eigenvalue weighted by Gasteiger charge is -2.27. The van der Waals surface area contributed by atoms with Gasteiger partial charge in [0.15, 0.2) is 0 Å². The zero-order valence-corrected chi connectivity index (χ0v) is 20.1. The number of hydrogen-bond donors (Lipinski definition) is 0. The minimum Gasteiger partial charge on any atom is -0.495 e. The van der Waals surface area contributed by atoms with Crippen LogP contribution in [0.4, 0.5) is 5.69 Å². The number of ether oxygens (including phenoxy) is 2. The van der Waals surface area contributed by atoms with Crippen LogP contribution in [-0.4, -0.2) is 36.1 Å². The summed E-state index contributed by atoms with van der Waals surface area (Å²) in [6.45, 7) is 1.89. The zero-order valence-electron chi connectivity index (χ0n) is 19.4. The molecule has 6 rings (SSSR count). The van der Waals surface area contributed by atoms with Gasteiger partial charge < -0.3 is 9.47 Å². The Hall–Kier alpha value is -3.81. The number of anilines is 1. The average molecular weight is 502 g/mol. The molecule has 2 aliphatic heterocycles. The lowest BCUT2D eigenvalue weighted by atomic mass is 9.77. The van der Waals surface area contributed by atoms with Crippen molar-refractivity contribution in [3.05, 3.63) is 94.0 Å². The van der Waals surface area contributed by atoms with Crippen molar-refractivity contribution in [1.29, 1.82) is 0 Å². The van der Waals surface area contributed by atoms with Gasteiger partial charge in [-0.05, 0) is 30.7 Å². The fourth-order valence-electron chi connectivity index (χ4n) is 5.74. The Morgan fingerprint density at radius 2 is 1.58 bits per heavy atom. The van der Waals surface area contributed by atoms with E-state index < -0.39 is 46.9 Å². The van der Waals surface area contributed by atoms with E-state index in [2.05, 4.69) is 0 Å². The number of ketones is 2. The lowest BCUT2D eigenvalue weighted by molar-refractivity contribution is -0.127. The summed E-state index contributed by atoms with van der Waals surface area (Å²) >= 11 is 6.20. The van der Waals surface area contributed by atoms with Crippen molar-refractivity contribution in [2.45, 2.75) is 18.6 Å². The molecule has 36 heavy (non-hydrogen) atoms. The van der Waals surface area contributed by atoms with Gasteiger partial charge in [-0.2, -0.15) is 0 Å². The number of imide groups is 1. The molecular weight excluding hydrogens is 482 g/mol. The van der Waals surface area contributed by atoms with Gasteiger partial charge in [0.2, 0.25) is 29.0 Å². The number of halogens is 1. The predicted molar refractivity (Wildman–Crippen MR) is 130 cm³/mol. The van der Waals surface area contributed by atoms with Crippen LogP contribution in [-0.2, 0) is 14.3 Å². The van der Waals surface area contributed by atoms with E-state index in [9.17, 15) is 19.2 Å². The summed E-state index contributed by atoms with van der Waals surface area (Å²) in [6, 6.07) is 18.3. The average Bonchev–Trinajstić information content (AvgIpc) is 3.44. The van der Waals surface area contributed by atoms with Crippen molar-refractivity contribution in [3.8, 4) is 5.75 Å². The van der Waals surface area contributed by atoms with Gasteiger partial charge in [0.05, 0.1) is 30.7 Å². The highest BCUT2D eigenvalue weighted by molar-refractivity contribution is 6.37. The van der Waals surface area contributed by atoms with E-state index in [0.717, 1.165) is 10.5 Å². The van der Waals surface area contributed by atoms with Crippen LogP contribution in [0.5, 0.6) is 5.75 Å². The first-order valence-electron chi connectivity index (χ1n) is 11.4. The molecule has 2 amide bonds. The SMILES string of the molecule is COc1ccc(Cl)cc1N1C(=O)[C@@H]2[C@@H](C1=O)C1(O[C@H]2c2cccc(C)c2)C(=O)c2ccccc2C1=O. The normalized spacial score (nSPS) is 24.0. The largest absolute Gasteiger partial charge is 0.495 e. The molecule has 0 N–H and O–H groups in total. The Bertz CT molecular complexity index is 1460. The summed E-state index contributed by atoms with van der Waals surface area (Å²) in [5.41, 5.74) is -0.0836. The molecule has 3 aromatic carbocycles. The maximum absolute atomic E-state index is 14.0. The quantitative estimate of drug-likeness (QED) is 0.391. The van der Waals surface area contributed by atoms with Crippen molar-refractivity contribution < 1.29 is 28.7 Å². The van der Waals surface area contributed by atoms with E-state index in [4.69, 9.17) is 21.1 Å². The van der Waals surface area contributed by atoms with E-state index in [-0.39, 0.29) is 22.6 Å². The molecule has 180 valence electrons. The Morgan fingerprint density at radius 3 is 2.22 bits per heavy atom. The Morgan fingerprint density at radius 1 is 0.889 bits per heavy atom. The van der Waals surface area contributed by atoms with Crippen molar-refractivity contribution in [1.82, 2.24) is 0 Å². The molecule has 0 radical (unpaired) electrons. The van der Waals surface area contributed by atoms with Gasteiger partial charge >= 0.3 is 0 Å². The molecule has 3 atom stereocenters. The predicted octanol–water partition coefficient (Wildman–Crippen LogP) is 4.35. The number of benzene rings is 3. The van der Waals surface area contributed by atoms with Gasteiger partial charge in [0.1, 0.15) is 5.75 Å². The summed E-state index contributed by atoms with van der Waals surface area (Å²) in [7, 11) is 1.42. The number of fused-ring (bicyclic) bond motifs is 3. The molecule has 3 aromatic rings. The number of hydrogen-bond acceptors (Lipinski definition) is 6. The minimum absolute atomic E-state index is 0.156. The van der Waals surface area contributed by atoms with Crippen LogP contribution in [0.2, 0.25) is 5.02 Å². The molecule has 8 heteroatoms. The maximum Gasteiger partial charge on any atom is 0.241 e. The molecule has 2 saturated heterocycles. The first-order valence-corrected chi connectivity index (χ1v) is 11.8. The summed E-state index contributed by atoms with van der Waals surface area (Å²) in [5.74, 6) is -4.66. The Labute approximate surface area is 211 Å². The number of carbonyl (C=O) groups excluding carboxylic acids is 4. The van der Waals surface area contributed by atoms with Crippen LogP contribution in [0, 0.1) is 18.8 Å². The van der Waals surface area contributed by atoms with Gasteiger partial charge in [0, 0.05) is 16.1 Å². The van der Waals surface area contributed by atoms with Crippen LogP contribution >= 0.6 is 11.6 Å². The number of rotatable bonds is 3. The molecule has 2 heterocycles. The highest BCUT2D eigenvalue weighted by atomic mass is 35.5. The standard InChI is InChI=1S/C28H20ClNO6/c1-14-6-5-7-15(12-14)23-21-22(28(36-23)24(31)17-8-3-4-9-18(17)25(28)32)27(34)30(26(21)33)19-13-16(29)10-11-20(19)35-2/h3-13,21-23H,1-2H3/t21-,22+,23+/m1/s1. The minimum atomic E-state index is -2.13. The molecular formula is C28H20ClNO6. The molecule has 0 saturated carbocycles. The number of nitrogens with zero attached hydrogens (tertiary/aromatic N) is 1. The second-order valence-electron chi connectivity index (χ2n) is 9.22. The topological polar surface area (TPSA) is 90.0 Å². The van der Waals surface area contributed by atoms with Gasteiger partial charge in [0.25, 0.3) is 0 Å². The van der Waals surface area contributed by atoms with Crippen molar-refractivity contribution >= 4 is 40.7 Å². The van der Waals surface area contributed by atoms with Crippen LogP contribution < -0.4 is 9.64 Å². The highest BCUT2D eigenvalue weighted by Gasteiger charge is 2.74. The molecule has 0 aromatic heterocycles. The second-order valence-corrected chi connectivity index (χ2v) is 9.66. The van der Waals surface area contributed by atoms with Crippen molar-refractivity contribution in [3.63, 3.8) is 0 Å². The molecule has 3 aliphatic rings. The van der Waals surface area contributed by atoms with Crippen molar-refractivity contribution in [2.75, 3.05) is 12.0 Å². The summed E-state index contributed by atoms with van der Waals surface area (Å²) in [4.78, 5) is 56.6. The molecule has 2 fully saturated rings. The van der Waals surface area contributed by atoms with Gasteiger partial charge in [-0.1, -0.05) is 65.7 Å². The third-order valence-corrected chi connectivity index (χ3v) is 7.51. The molecule has 0 bridgehead atoms. The maximum atomic E-state index is 14.0. The molecule has 0 unspecified atom stereocenters. The van der Waals surface area contributed by atoms with Gasteiger partial charge in [-0.25, -0.2) is 4.90 Å². The van der Waals surface area contributed by atoms with E-state index >= 15 is 0 Å². The summed E-state index contributed by atoms with van der Waals surface area (Å²) < 4.78 is 11.7. The van der Waals surface area contributed by atoms with E-state index in [0.29, 0.717) is 10.6 Å². The van der Waals surface area contributed by atoms with E-state index in [1.807, 2.05) is 19.1 Å². The number of Topliss-reactive ketones (excluding diaryl/α,β-unsaturated/α-hetero) is 2. The monoisotopic (exact) mass is 501 g/mol. The second kappa shape index (κ2) is 7.85. The summed E-state index contributed by atoms with van der Waals surface area (Å²) in [5, 5.41) is 0.296. The third kappa shape index (κ3) is 2.84. The number of amides is 2. The Kier molecular flexibility index (Phi) is 4.94. The summed E-state index contributed by atoms with van der Waals surface area (Å²) in [6.07, 6.45) is -0.983. The highest BCUT2D eigenvalue weighted by Crippen LogP contribution is 2.58. The van der Waals surface area contributed by atoms with Crippen LogP contribution in [0.1, 0.15) is 37.9 Å². The number of aryl methyl sites for hydroxylation is 1. The number of methoxy groups -OCH3 is 1. The number of carbonyl (C=O) groups is 4. The van der Waals surface area contributed by atoms with Crippen LogP contribution in [0.25, 0.3) is 0 Å². The van der Waals surface area contributed by atoms with Crippen molar-refractivity contribution in [2.24, 2.45) is 11.8 Å². The van der Waals surface area contributed by atoms with E-state index in [1.54, 1.807) is 48.5 Å². The van der Waals surface area contributed by atoms with Gasteiger partial charge in [-0.15, -0.1) is 0 Å². The van der Waals surface area contributed by atoms with E-state index in [1.165, 1.54) is 13.2 Å². The van der Waals surface area contributed by atoms with Crippen LogP contribution in [0.15, 0.2) is 66.7 Å². The van der Waals surface area contributed by atoms with Gasteiger partial charge in [-0.3, -0.25) is 19.2 Å². The first kappa shape index (κ1) is 22.6. The fraction of sp³-hybridized carbons (Fsp3) is 0.214. The fourth-order valence-corrected chi connectivity index (χ4v) is 5.91. The smallest absolute Gasteiger partial charge is 0.241 e. The molecule has 1 aliphatic carbocycles.